The SMILES string of the molecule is COc1ccc(C(C)=NNc2ccc(C(=O)O)cc2)c(O)c1. The molecule has 0 aliphatic rings. The number of anilines is 1. The van der Waals surface area contributed by atoms with E-state index in [1.165, 1.54) is 25.3 Å². The van der Waals surface area contributed by atoms with Crippen LogP contribution < -0.4 is 10.2 Å². The van der Waals surface area contributed by atoms with Gasteiger partial charge in [-0.05, 0) is 43.3 Å². The molecule has 2 aromatic carbocycles. The lowest BCUT2D eigenvalue weighted by Crippen LogP contribution is -2.01. The third-order valence-electron chi connectivity index (χ3n) is 3.08. The van der Waals surface area contributed by atoms with Crippen molar-refractivity contribution in [1.82, 2.24) is 0 Å². The second kappa shape index (κ2) is 6.62. The third-order valence-corrected chi connectivity index (χ3v) is 3.08. The Bertz CT molecular complexity index is 709. The minimum atomic E-state index is -0.977. The van der Waals surface area contributed by atoms with Crippen LogP contribution in [0.2, 0.25) is 0 Å². The number of nitrogens with one attached hydrogen (secondary N) is 1. The van der Waals surface area contributed by atoms with Crippen LogP contribution in [0.1, 0.15) is 22.8 Å². The van der Waals surface area contributed by atoms with Gasteiger partial charge in [0.1, 0.15) is 11.5 Å². The standard InChI is InChI=1S/C16H16N2O4/c1-10(14-8-7-13(22-2)9-15(14)19)17-18-12-5-3-11(4-6-12)16(20)21/h3-9,18-19H,1-2H3,(H,20,21). The van der Waals surface area contributed by atoms with Crippen LogP contribution in [-0.4, -0.2) is 29.0 Å². The number of nitrogens with zero attached hydrogens (tertiary/aromatic N) is 1. The largest absolute Gasteiger partial charge is 0.507 e. The maximum atomic E-state index is 10.8. The van der Waals surface area contributed by atoms with Crippen LogP contribution in [0.3, 0.4) is 0 Å². The molecule has 6 nitrogen and oxygen atoms in total. The molecule has 0 unspecified atom stereocenters. The Balaban J connectivity index is 2.14. The van der Waals surface area contributed by atoms with Gasteiger partial charge in [-0.3, -0.25) is 5.43 Å². The van der Waals surface area contributed by atoms with E-state index >= 15 is 0 Å². The maximum Gasteiger partial charge on any atom is 0.335 e. The molecule has 0 bridgehead atoms. The van der Waals surface area contributed by atoms with Crippen LogP contribution >= 0.6 is 0 Å². The molecule has 2 aromatic rings. The second-order valence-corrected chi connectivity index (χ2v) is 4.57. The number of hydrazone groups is 1. The van der Waals surface area contributed by atoms with Gasteiger partial charge in [-0.2, -0.15) is 5.10 Å². The van der Waals surface area contributed by atoms with Gasteiger partial charge in [0.15, 0.2) is 0 Å². The van der Waals surface area contributed by atoms with Gasteiger partial charge >= 0.3 is 5.97 Å². The quantitative estimate of drug-likeness (QED) is 0.583. The molecule has 2 rings (SSSR count). The van der Waals surface area contributed by atoms with Crippen LogP contribution in [0, 0.1) is 0 Å². The van der Waals surface area contributed by atoms with E-state index in [0.29, 0.717) is 22.7 Å². The monoisotopic (exact) mass is 300 g/mol. The van der Waals surface area contributed by atoms with E-state index in [9.17, 15) is 9.90 Å². The lowest BCUT2D eigenvalue weighted by molar-refractivity contribution is 0.0697. The number of carboxylic acids is 1. The molecule has 0 amide bonds. The first kappa shape index (κ1) is 15.4. The topological polar surface area (TPSA) is 91.2 Å². The van der Waals surface area contributed by atoms with Gasteiger partial charge in [0.05, 0.1) is 24.1 Å². The zero-order chi connectivity index (χ0) is 16.1. The van der Waals surface area contributed by atoms with E-state index in [0.717, 1.165) is 0 Å². The van der Waals surface area contributed by atoms with Gasteiger partial charge in [0.2, 0.25) is 0 Å². The second-order valence-electron chi connectivity index (χ2n) is 4.57. The van der Waals surface area contributed by atoms with E-state index in [4.69, 9.17) is 9.84 Å². The molecular weight excluding hydrogens is 284 g/mol. The van der Waals surface area contributed by atoms with E-state index in [1.807, 2.05) is 0 Å². The fourth-order valence-corrected chi connectivity index (χ4v) is 1.84. The van der Waals surface area contributed by atoms with Crippen molar-refractivity contribution in [1.29, 1.82) is 0 Å². The molecule has 0 saturated heterocycles. The first-order chi connectivity index (χ1) is 10.5. The summed E-state index contributed by atoms with van der Waals surface area (Å²) in [5.41, 5.74) is 4.84. The van der Waals surface area contributed by atoms with Crippen LogP contribution in [0.15, 0.2) is 47.6 Å². The van der Waals surface area contributed by atoms with E-state index in [1.54, 1.807) is 31.2 Å². The van der Waals surface area contributed by atoms with Crippen molar-refractivity contribution in [2.24, 2.45) is 5.10 Å². The molecule has 0 fully saturated rings. The summed E-state index contributed by atoms with van der Waals surface area (Å²) < 4.78 is 5.03. The summed E-state index contributed by atoms with van der Waals surface area (Å²) in [6.45, 7) is 1.75. The zero-order valence-corrected chi connectivity index (χ0v) is 12.2. The highest BCUT2D eigenvalue weighted by atomic mass is 16.5. The number of ether oxygens (including phenoxy) is 1. The molecule has 0 aliphatic heterocycles. The molecule has 0 radical (unpaired) electrons. The van der Waals surface area contributed by atoms with Crippen molar-refractivity contribution in [2.75, 3.05) is 12.5 Å². The summed E-state index contributed by atoms with van der Waals surface area (Å²) in [4.78, 5) is 10.8. The maximum absolute atomic E-state index is 10.8. The van der Waals surface area contributed by atoms with Gasteiger partial charge in [0, 0.05) is 11.6 Å². The number of hydrogen-bond acceptors (Lipinski definition) is 5. The number of hydrogen-bond donors (Lipinski definition) is 3. The van der Waals surface area contributed by atoms with Gasteiger partial charge in [-0.25, -0.2) is 4.79 Å². The van der Waals surface area contributed by atoms with Gasteiger partial charge in [0.25, 0.3) is 0 Å². The lowest BCUT2D eigenvalue weighted by atomic mass is 10.1. The highest BCUT2D eigenvalue weighted by Crippen LogP contribution is 2.24. The van der Waals surface area contributed by atoms with Gasteiger partial charge in [-0.1, -0.05) is 0 Å². The molecule has 6 heteroatoms. The average molecular weight is 300 g/mol. The molecule has 0 atom stereocenters. The van der Waals surface area contributed by atoms with E-state index < -0.39 is 5.97 Å². The summed E-state index contributed by atoms with van der Waals surface area (Å²) in [6, 6.07) is 11.2. The number of phenolic OH excluding ortho intramolecular Hbond substituents is 1. The molecule has 0 aromatic heterocycles. The number of methoxy groups -OCH3 is 1. The Hall–Kier alpha value is -3.02. The molecule has 0 aliphatic carbocycles. The summed E-state index contributed by atoms with van der Waals surface area (Å²) in [5.74, 6) is -0.343. The average Bonchev–Trinajstić information content (AvgIpc) is 2.52. The Morgan fingerprint density at radius 2 is 1.86 bits per heavy atom. The van der Waals surface area contributed by atoms with Crippen LogP contribution in [0.5, 0.6) is 11.5 Å². The predicted octanol–water partition coefficient (Wildman–Crippen LogP) is 2.94. The lowest BCUT2D eigenvalue weighted by Gasteiger charge is -2.07. The molecule has 3 N–H and O–H groups in total. The smallest absolute Gasteiger partial charge is 0.335 e. The highest BCUT2D eigenvalue weighted by molar-refractivity contribution is 6.01. The van der Waals surface area contributed by atoms with Crippen molar-refractivity contribution in [2.45, 2.75) is 6.92 Å². The zero-order valence-electron chi connectivity index (χ0n) is 12.2. The number of aromatic carboxylic acids is 1. The van der Waals surface area contributed by atoms with Crippen molar-refractivity contribution in [3.63, 3.8) is 0 Å². The molecule has 22 heavy (non-hydrogen) atoms. The number of rotatable bonds is 5. The molecular formula is C16H16N2O4. The van der Waals surface area contributed by atoms with Crippen LogP contribution in [0.4, 0.5) is 5.69 Å². The minimum absolute atomic E-state index is 0.0728. The van der Waals surface area contributed by atoms with Crippen molar-refractivity contribution in [3.8, 4) is 11.5 Å². The molecule has 0 spiro atoms. The normalized spacial score (nSPS) is 11.1. The Morgan fingerprint density at radius 1 is 1.18 bits per heavy atom. The molecule has 114 valence electrons. The number of benzene rings is 2. The Kier molecular flexibility index (Phi) is 4.63. The van der Waals surface area contributed by atoms with Crippen molar-refractivity contribution in [3.05, 3.63) is 53.6 Å². The molecule has 0 saturated carbocycles. The predicted molar refractivity (Wildman–Crippen MR) is 83.9 cm³/mol. The summed E-state index contributed by atoms with van der Waals surface area (Å²) in [7, 11) is 1.53. The van der Waals surface area contributed by atoms with Gasteiger partial charge in [-0.15, -0.1) is 0 Å². The fraction of sp³-hybridized carbons (Fsp3) is 0.125. The Morgan fingerprint density at radius 3 is 2.41 bits per heavy atom. The van der Waals surface area contributed by atoms with E-state index in [-0.39, 0.29) is 11.3 Å². The minimum Gasteiger partial charge on any atom is -0.507 e. The summed E-state index contributed by atoms with van der Waals surface area (Å²) in [6.07, 6.45) is 0. The molecule has 0 heterocycles. The number of carboxylic acid groups (broad SMARTS) is 1. The third kappa shape index (κ3) is 3.54. The van der Waals surface area contributed by atoms with Crippen LogP contribution in [-0.2, 0) is 0 Å². The number of aromatic hydroxyl groups is 1. The number of carbonyl (C=O) groups is 1. The number of phenols is 1. The summed E-state index contributed by atoms with van der Waals surface area (Å²) in [5, 5.41) is 22.9. The summed E-state index contributed by atoms with van der Waals surface area (Å²) >= 11 is 0. The fourth-order valence-electron chi connectivity index (χ4n) is 1.84. The van der Waals surface area contributed by atoms with E-state index in [2.05, 4.69) is 10.5 Å². The van der Waals surface area contributed by atoms with Crippen LogP contribution in [0.25, 0.3) is 0 Å². The van der Waals surface area contributed by atoms with Gasteiger partial charge < -0.3 is 14.9 Å². The Labute approximate surface area is 127 Å². The first-order valence-electron chi connectivity index (χ1n) is 6.52. The first-order valence-corrected chi connectivity index (χ1v) is 6.52. The van der Waals surface area contributed by atoms with Crippen molar-refractivity contribution < 1.29 is 19.7 Å². The van der Waals surface area contributed by atoms with Crippen molar-refractivity contribution >= 4 is 17.4 Å². The highest BCUT2D eigenvalue weighted by Gasteiger charge is 2.06.